The summed E-state index contributed by atoms with van der Waals surface area (Å²) in [5.74, 6) is 0. The van der Waals surface area contributed by atoms with Crippen LogP contribution in [-0.2, 0) is 11.3 Å². The molecule has 0 aliphatic heterocycles. The Hall–Kier alpha value is -1.92. The van der Waals surface area contributed by atoms with Crippen molar-refractivity contribution in [3.63, 3.8) is 0 Å². The smallest absolute Gasteiger partial charge is 0.152 e. The number of allylic oxidation sites excluding steroid dienone is 3. The molecule has 118 valence electrons. The predicted octanol–water partition coefficient (Wildman–Crippen LogP) is 2.76. The molecule has 0 bridgehead atoms. The maximum Gasteiger partial charge on any atom is 0.152 e. The molecule has 0 saturated heterocycles. The van der Waals surface area contributed by atoms with Crippen molar-refractivity contribution < 1.29 is 15.1 Å². The van der Waals surface area contributed by atoms with Crippen molar-refractivity contribution in [1.82, 2.24) is 10.0 Å². The Morgan fingerprint density at radius 3 is 2.91 bits per heavy atom. The van der Waals surface area contributed by atoms with E-state index >= 15 is 0 Å². The molecule has 3 N–H and O–H groups in total. The maximum absolute atomic E-state index is 9.68. The van der Waals surface area contributed by atoms with E-state index in [0.717, 1.165) is 17.4 Å². The highest BCUT2D eigenvalue weighted by Crippen LogP contribution is 2.21. The molecule has 5 heteroatoms. The number of aromatic nitrogens is 1. The number of hydroxylamine groups is 1. The first kappa shape index (κ1) is 16.5. The lowest BCUT2D eigenvalue weighted by atomic mass is 10.1. The number of methoxy groups -OCH3 is 1. The number of nitrogens with zero attached hydrogens (tertiary/aromatic N) is 1. The van der Waals surface area contributed by atoms with Crippen LogP contribution in [-0.4, -0.2) is 28.6 Å². The fourth-order valence-electron chi connectivity index (χ4n) is 2.32. The number of rotatable bonds is 7. The number of hydrogen-bond acceptors (Lipinski definition) is 4. The molecule has 0 radical (unpaired) electrons. The van der Waals surface area contributed by atoms with Gasteiger partial charge < -0.3 is 19.6 Å². The van der Waals surface area contributed by atoms with Crippen LogP contribution in [0.15, 0.2) is 54.3 Å². The quantitative estimate of drug-likeness (QED) is 0.418. The van der Waals surface area contributed by atoms with Gasteiger partial charge in [-0.05, 0) is 35.6 Å². The SMILES string of the molecule is C/C=C(\C=C/COC)Cn1ccc2ccc(C(O)NO)cc21. The molecular weight excluding hydrogens is 280 g/mol. The number of hydrogen-bond donors (Lipinski definition) is 3. The van der Waals surface area contributed by atoms with E-state index in [-0.39, 0.29) is 0 Å². The minimum atomic E-state index is -1.09. The topological polar surface area (TPSA) is 66.7 Å². The first-order valence-electron chi connectivity index (χ1n) is 7.16. The number of benzene rings is 1. The fraction of sp³-hybridized carbons (Fsp3) is 0.294. The van der Waals surface area contributed by atoms with Crippen LogP contribution in [0.25, 0.3) is 10.9 Å². The largest absolute Gasteiger partial charge is 0.381 e. The molecule has 0 amide bonds. The van der Waals surface area contributed by atoms with Crippen LogP contribution in [0.4, 0.5) is 0 Å². The second-order valence-electron chi connectivity index (χ2n) is 5.01. The van der Waals surface area contributed by atoms with Gasteiger partial charge in [-0.1, -0.05) is 30.4 Å². The Labute approximate surface area is 130 Å². The average molecular weight is 302 g/mol. The van der Waals surface area contributed by atoms with E-state index in [1.807, 2.05) is 49.0 Å². The first-order valence-corrected chi connectivity index (χ1v) is 7.16. The van der Waals surface area contributed by atoms with Crippen molar-refractivity contribution >= 4 is 10.9 Å². The molecule has 2 aromatic rings. The summed E-state index contributed by atoms with van der Waals surface area (Å²) in [5, 5.41) is 19.6. The molecule has 22 heavy (non-hydrogen) atoms. The number of fused-ring (bicyclic) bond motifs is 1. The standard InChI is InChI=1S/C17H22N2O3/c1-3-13(5-4-10-22-2)12-19-9-8-14-6-7-15(11-16(14)19)17(20)18-21/h3-9,11,17-18,20-21H,10,12H2,1-2H3/b5-4-,13-3+. The van der Waals surface area contributed by atoms with Crippen LogP contribution in [0.3, 0.4) is 0 Å². The molecule has 2 rings (SSSR count). The minimum absolute atomic E-state index is 0.586. The van der Waals surface area contributed by atoms with E-state index in [1.165, 1.54) is 5.57 Å². The summed E-state index contributed by atoms with van der Waals surface area (Å²) in [7, 11) is 1.67. The fourth-order valence-corrected chi connectivity index (χ4v) is 2.32. The molecule has 0 aliphatic carbocycles. The van der Waals surface area contributed by atoms with Crippen molar-refractivity contribution in [2.24, 2.45) is 0 Å². The molecule has 1 aromatic heterocycles. The van der Waals surface area contributed by atoms with Crippen LogP contribution >= 0.6 is 0 Å². The summed E-state index contributed by atoms with van der Waals surface area (Å²) in [6.07, 6.45) is 7.01. The second-order valence-corrected chi connectivity index (χ2v) is 5.01. The molecule has 1 unspecified atom stereocenters. The van der Waals surface area contributed by atoms with E-state index in [4.69, 9.17) is 9.94 Å². The van der Waals surface area contributed by atoms with Gasteiger partial charge in [-0.2, -0.15) is 5.48 Å². The normalized spacial score (nSPS) is 14.1. The van der Waals surface area contributed by atoms with Crippen LogP contribution in [0, 0.1) is 0 Å². The van der Waals surface area contributed by atoms with Crippen LogP contribution in [0.1, 0.15) is 18.7 Å². The van der Waals surface area contributed by atoms with Crippen LogP contribution in [0.5, 0.6) is 0 Å². The van der Waals surface area contributed by atoms with E-state index in [9.17, 15) is 5.11 Å². The van der Waals surface area contributed by atoms with Gasteiger partial charge in [0, 0.05) is 25.4 Å². The van der Waals surface area contributed by atoms with Gasteiger partial charge in [-0.15, -0.1) is 0 Å². The Morgan fingerprint density at radius 1 is 1.41 bits per heavy atom. The highest BCUT2D eigenvalue weighted by atomic mass is 16.5. The molecule has 0 spiro atoms. The molecule has 1 atom stereocenters. The first-order chi connectivity index (χ1) is 10.7. The van der Waals surface area contributed by atoms with Crippen molar-refractivity contribution in [2.75, 3.05) is 13.7 Å². The van der Waals surface area contributed by atoms with E-state index in [2.05, 4.69) is 10.6 Å². The monoisotopic (exact) mass is 302 g/mol. The molecule has 0 fully saturated rings. The van der Waals surface area contributed by atoms with Gasteiger partial charge >= 0.3 is 0 Å². The highest BCUT2D eigenvalue weighted by Gasteiger charge is 2.08. The van der Waals surface area contributed by atoms with Crippen LogP contribution < -0.4 is 5.48 Å². The summed E-state index contributed by atoms with van der Waals surface area (Å²) < 4.78 is 7.12. The average Bonchev–Trinajstić information content (AvgIpc) is 2.95. The number of aliphatic hydroxyl groups excluding tert-OH is 1. The third kappa shape index (κ3) is 3.84. The summed E-state index contributed by atoms with van der Waals surface area (Å²) in [6.45, 7) is 3.32. The second kappa shape index (κ2) is 7.91. The van der Waals surface area contributed by atoms with E-state index < -0.39 is 6.23 Å². The van der Waals surface area contributed by atoms with Gasteiger partial charge in [0.2, 0.25) is 0 Å². The zero-order valence-corrected chi connectivity index (χ0v) is 12.9. The van der Waals surface area contributed by atoms with Gasteiger partial charge in [-0.3, -0.25) is 0 Å². The zero-order chi connectivity index (χ0) is 15.9. The van der Waals surface area contributed by atoms with Gasteiger partial charge in [0.25, 0.3) is 0 Å². The lowest BCUT2D eigenvalue weighted by Crippen LogP contribution is -2.15. The van der Waals surface area contributed by atoms with Gasteiger partial charge in [0.1, 0.15) is 0 Å². The Bertz CT molecular complexity index is 674. The number of ether oxygens (including phenoxy) is 1. The molecular formula is C17H22N2O3. The summed E-state index contributed by atoms with van der Waals surface area (Å²) in [4.78, 5) is 0. The zero-order valence-electron chi connectivity index (χ0n) is 12.9. The summed E-state index contributed by atoms with van der Waals surface area (Å²) >= 11 is 0. The third-order valence-electron chi connectivity index (χ3n) is 3.55. The molecule has 0 aliphatic rings. The third-order valence-corrected chi connectivity index (χ3v) is 3.55. The van der Waals surface area contributed by atoms with Gasteiger partial charge in [0.05, 0.1) is 6.61 Å². The van der Waals surface area contributed by atoms with Gasteiger partial charge in [-0.25, -0.2) is 0 Å². The number of nitrogens with one attached hydrogen (secondary N) is 1. The summed E-state index contributed by atoms with van der Waals surface area (Å²) in [6, 6.07) is 7.62. The highest BCUT2D eigenvalue weighted by molar-refractivity contribution is 5.81. The van der Waals surface area contributed by atoms with Crippen molar-refractivity contribution in [3.8, 4) is 0 Å². The molecule has 1 heterocycles. The molecule has 5 nitrogen and oxygen atoms in total. The lowest BCUT2D eigenvalue weighted by molar-refractivity contribution is 0.000764. The predicted molar refractivity (Wildman–Crippen MR) is 86.6 cm³/mol. The maximum atomic E-state index is 9.68. The molecule has 1 aromatic carbocycles. The van der Waals surface area contributed by atoms with Crippen LogP contribution in [0.2, 0.25) is 0 Å². The van der Waals surface area contributed by atoms with E-state index in [0.29, 0.717) is 12.2 Å². The van der Waals surface area contributed by atoms with Gasteiger partial charge in [0.15, 0.2) is 6.23 Å². The molecule has 0 saturated carbocycles. The Balaban J connectivity index is 2.27. The summed E-state index contributed by atoms with van der Waals surface area (Å²) in [5.41, 5.74) is 4.64. The van der Waals surface area contributed by atoms with Crippen molar-refractivity contribution in [2.45, 2.75) is 19.7 Å². The Kier molecular flexibility index (Phi) is 5.91. The van der Waals surface area contributed by atoms with E-state index in [1.54, 1.807) is 13.2 Å². The van der Waals surface area contributed by atoms with Crippen molar-refractivity contribution in [1.29, 1.82) is 0 Å². The Morgan fingerprint density at radius 2 is 2.23 bits per heavy atom. The minimum Gasteiger partial charge on any atom is -0.381 e. The number of aliphatic hydroxyl groups is 1. The lowest BCUT2D eigenvalue weighted by Gasteiger charge is -2.11. The van der Waals surface area contributed by atoms with Crippen molar-refractivity contribution in [3.05, 3.63) is 59.8 Å².